The molecule has 0 aliphatic heterocycles. The van der Waals surface area contributed by atoms with E-state index in [-0.39, 0.29) is 90.2 Å². The first-order chi connectivity index (χ1) is 32.2. The molecule has 0 spiro atoms. The minimum Gasteiger partial charge on any atom is -0.497 e. The Balaban J connectivity index is 0.976. The van der Waals surface area contributed by atoms with E-state index in [0.29, 0.717) is 23.0 Å². The van der Waals surface area contributed by atoms with Gasteiger partial charge in [-0.2, -0.15) is 0 Å². The number of hydrogen-bond donors (Lipinski definition) is 0. The number of benzene rings is 4. The summed E-state index contributed by atoms with van der Waals surface area (Å²) in [7, 11) is 6.31. The van der Waals surface area contributed by atoms with Gasteiger partial charge in [0.15, 0.2) is 0 Å². The van der Waals surface area contributed by atoms with Gasteiger partial charge in [0.1, 0.15) is 49.4 Å². The van der Waals surface area contributed by atoms with Gasteiger partial charge in [-0.15, -0.1) is 0 Å². The molecule has 0 unspecified atom stereocenters. The van der Waals surface area contributed by atoms with E-state index >= 15 is 0 Å². The molecule has 17 heteroatoms. The molecule has 350 valence electrons. The number of rotatable bonds is 26. The van der Waals surface area contributed by atoms with E-state index in [1.807, 2.05) is 97.1 Å². The monoisotopic (exact) mass is 909 g/mol. The van der Waals surface area contributed by atoms with Gasteiger partial charge in [0, 0.05) is 38.6 Å². The minimum absolute atomic E-state index is 0.0277. The zero-order valence-corrected chi connectivity index (χ0v) is 37.5. The minimum atomic E-state index is -0.721. The van der Waals surface area contributed by atoms with E-state index in [0.717, 1.165) is 22.3 Å². The number of hydrogen-bond acceptors (Lipinski definition) is 15. The highest BCUT2D eigenvalue weighted by Gasteiger charge is 2.19. The predicted molar refractivity (Wildman–Crippen MR) is 240 cm³/mol. The lowest BCUT2D eigenvalue weighted by Crippen LogP contribution is -2.31. The van der Waals surface area contributed by atoms with Gasteiger partial charge in [-0.1, -0.05) is 48.5 Å². The van der Waals surface area contributed by atoms with Crippen LogP contribution in [0.5, 0.6) is 23.0 Å². The van der Waals surface area contributed by atoms with Crippen molar-refractivity contribution < 1.29 is 66.5 Å². The summed E-state index contributed by atoms with van der Waals surface area (Å²) in [5.74, 6) is 1.24. The molecule has 0 atom stereocenters. The lowest BCUT2D eigenvalue weighted by Gasteiger charge is -2.23. The first-order valence-corrected chi connectivity index (χ1v) is 21.0. The highest BCUT2D eigenvalue weighted by Crippen LogP contribution is 2.21. The fourth-order valence-corrected chi connectivity index (χ4v) is 6.31. The second-order valence-corrected chi connectivity index (χ2v) is 14.3. The summed E-state index contributed by atoms with van der Waals surface area (Å²) in [6.45, 7) is 0.970. The van der Waals surface area contributed by atoms with Crippen LogP contribution >= 0.6 is 0 Å². The topological polar surface area (TPSA) is 180 Å². The predicted octanol–water partition coefficient (Wildman–Crippen LogP) is 7.14. The van der Waals surface area contributed by atoms with Crippen molar-refractivity contribution in [2.45, 2.75) is 26.2 Å². The maximum Gasteiger partial charge on any atom is 0.410 e. The molecule has 0 saturated heterocycles. The van der Waals surface area contributed by atoms with E-state index < -0.39 is 24.1 Å². The Kier molecular flexibility index (Phi) is 20.4. The molecule has 1 heterocycles. The lowest BCUT2D eigenvalue weighted by molar-refractivity contribution is 0.0193. The molecule has 0 saturated carbocycles. The zero-order chi connectivity index (χ0) is 46.9. The molecule has 0 fully saturated rings. The van der Waals surface area contributed by atoms with Gasteiger partial charge in [0.05, 0.1) is 66.0 Å². The molecule has 1 aromatic heterocycles. The summed E-state index contributed by atoms with van der Waals surface area (Å²) in [5, 5.41) is 0. The zero-order valence-electron chi connectivity index (χ0n) is 37.5. The van der Waals surface area contributed by atoms with Crippen LogP contribution in [0, 0.1) is 0 Å². The van der Waals surface area contributed by atoms with Gasteiger partial charge in [-0.25, -0.2) is 19.2 Å². The number of carbonyl (C=O) groups is 4. The largest absolute Gasteiger partial charge is 0.497 e. The average molecular weight is 910 g/mol. The van der Waals surface area contributed by atoms with Crippen LogP contribution in [-0.2, 0) is 54.6 Å². The van der Waals surface area contributed by atoms with Crippen LogP contribution < -0.4 is 18.9 Å². The fourth-order valence-electron chi connectivity index (χ4n) is 6.31. The molecule has 0 radical (unpaired) electrons. The van der Waals surface area contributed by atoms with Gasteiger partial charge in [0.2, 0.25) is 0 Å². The van der Waals surface area contributed by atoms with Crippen LogP contribution in [0.25, 0.3) is 0 Å². The third-order valence-electron chi connectivity index (χ3n) is 9.58. The van der Waals surface area contributed by atoms with Crippen LogP contribution in [0.2, 0.25) is 0 Å². The second-order valence-electron chi connectivity index (χ2n) is 14.3. The van der Waals surface area contributed by atoms with Gasteiger partial charge < -0.3 is 47.4 Å². The average Bonchev–Trinajstić information content (AvgIpc) is 3.35. The van der Waals surface area contributed by atoms with Crippen molar-refractivity contribution in [3.8, 4) is 23.0 Å². The molecule has 4 aromatic carbocycles. The Morgan fingerprint density at radius 1 is 0.409 bits per heavy atom. The van der Waals surface area contributed by atoms with Gasteiger partial charge in [-0.05, 0) is 76.9 Å². The van der Waals surface area contributed by atoms with Crippen molar-refractivity contribution in [2.24, 2.45) is 0 Å². The highest BCUT2D eigenvalue weighted by molar-refractivity contribution is 5.94. The van der Waals surface area contributed by atoms with E-state index in [2.05, 4.69) is 4.98 Å². The van der Waals surface area contributed by atoms with Crippen molar-refractivity contribution in [3.63, 3.8) is 0 Å². The summed E-state index contributed by atoms with van der Waals surface area (Å²) in [5.41, 5.74) is 3.50. The molecule has 0 aliphatic carbocycles. The normalized spacial score (nSPS) is 10.6. The van der Waals surface area contributed by atoms with Crippen LogP contribution in [-0.4, -0.2) is 120 Å². The molecule has 2 amide bonds. The van der Waals surface area contributed by atoms with Crippen LogP contribution in [0.3, 0.4) is 0 Å². The Morgan fingerprint density at radius 2 is 0.712 bits per heavy atom. The maximum absolute atomic E-state index is 13.2. The van der Waals surface area contributed by atoms with E-state index in [9.17, 15) is 19.2 Å². The van der Waals surface area contributed by atoms with Gasteiger partial charge in [0.25, 0.3) is 0 Å². The van der Waals surface area contributed by atoms with Gasteiger partial charge in [-0.3, -0.25) is 14.8 Å². The van der Waals surface area contributed by atoms with Crippen LogP contribution in [0.1, 0.15) is 43.0 Å². The SMILES string of the molecule is COc1cccc(CN(Cc2cccc(OC)c2)C(=O)OCCOCCOC(=O)c2cncc(C(=O)OCCOCCOC(=O)N(Cc3cccc(OC)c3)Cc3cccc(OC)c3)c2)c1. The number of nitrogens with zero attached hydrogens (tertiary/aromatic N) is 3. The molecule has 17 nitrogen and oxygen atoms in total. The van der Waals surface area contributed by atoms with E-state index in [1.165, 1.54) is 18.5 Å². The summed E-state index contributed by atoms with van der Waals surface area (Å²) < 4.78 is 54.0. The Labute approximate surface area is 383 Å². The lowest BCUT2D eigenvalue weighted by atomic mass is 10.1. The second kappa shape index (κ2) is 27.1. The standard InChI is InChI=1S/C49H55N3O14/c1-57-42-13-5-9-36(25-42)32-51(33-37-10-6-14-43(26-37)58-2)48(55)65-23-19-61-17-21-63-46(53)40-29-41(31-50-30-40)47(54)64-22-18-62-20-24-66-49(56)52(34-38-11-7-15-44(27-38)59-3)35-39-12-8-16-45(28-39)60-4/h5-16,25-31H,17-24,32-35H2,1-4H3. The van der Waals surface area contributed by atoms with Crippen molar-refractivity contribution in [1.29, 1.82) is 0 Å². The van der Waals surface area contributed by atoms with Gasteiger partial charge >= 0.3 is 24.1 Å². The first kappa shape index (κ1) is 49.6. The number of carbonyl (C=O) groups excluding carboxylic acids is 4. The number of aromatic nitrogens is 1. The molecule has 0 aliphatic rings. The number of ether oxygens (including phenoxy) is 10. The molecule has 5 aromatic rings. The third kappa shape index (κ3) is 16.6. The summed E-state index contributed by atoms with van der Waals surface area (Å²) in [6, 6.07) is 31.0. The number of pyridine rings is 1. The molecule has 66 heavy (non-hydrogen) atoms. The highest BCUT2D eigenvalue weighted by atomic mass is 16.6. The third-order valence-corrected chi connectivity index (χ3v) is 9.58. The molecule has 5 rings (SSSR count). The summed E-state index contributed by atoms with van der Waals surface area (Å²) >= 11 is 0. The number of amides is 2. The van der Waals surface area contributed by atoms with E-state index in [1.54, 1.807) is 38.2 Å². The summed E-state index contributed by atoms with van der Waals surface area (Å²) in [4.78, 5) is 58.9. The fraction of sp³-hybridized carbons (Fsp3) is 0.327. The number of esters is 2. The first-order valence-electron chi connectivity index (χ1n) is 21.0. The van der Waals surface area contributed by atoms with Crippen molar-refractivity contribution in [2.75, 3.05) is 81.3 Å². The molecular weight excluding hydrogens is 855 g/mol. The molecular formula is C49H55N3O14. The Bertz CT molecular complexity index is 2070. The Hall–Kier alpha value is -7.37. The van der Waals surface area contributed by atoms with Crippen molar-refractivity contribution in [1.82, 2.24) is 14.8 Å². The van der Waals surface area contributed by atoms with Crippen LogP contribution in [0.15, 0.2) is 116 Å². The van der Waals surface area contributed by atoms with E-state index in [4.69, 9.17) is 47.4 Å². The smallest absolute Gasteiger partial charge is 0.410 e. The molecule has 0 bridgehead atoms. The quantitative estimate of drug-likeness (QED) is 0.0310. The Morgan fingerprint density at radius 3 is 1.02 bits per heavy atom. The van der Waals surface area contributed by atoms with Crippen LogP contribution in [0.4, 0.5) is 9.59 Å². The van der Waals surface area contributed by atoms with Crippen molar-refractivity contribution >= 4 is 24.1 Å². The maximum atomic E-state index is 13.2. The van der Waals surface area contributed by atoms with Crippen molar-refractivity contribution in [3.05, 3.63) is 149 Å². The number of methoxy groups -OCH3 is 4. The molecule has 0 N–H and O–H groups in total. The summed E-state index contributed by atoms with van der Waals surface area (Å²) in [6.07, 6.45) is 1.44.